The highest BCUT2D eigenvalue weighted by Crippen LogP contribution is 2.42. The van der Waals surface area contributed by atoms with Crippen LogP contribution in [-0.4, -0.2) is 556 Å². The van der Waals surface area contributed by atoms with Crippen LogP contribution in [0.4, 0.5) is 0 Å². The van der Waals surface area contributed by atoms with Gasteiger partial charge >= 0.3 is 0 Å². The van der Waals surface area contributed by atoms with Crippen LogP contribution in [0.25, 0.3) is 0 Å². The van der Waals surface area contributed by atoms with Gasteiger partial charge in [0.2, 0.25) is 11.8 Å². The van der Waals surface area contributed by atoms with E-state index in [4.69, 9.17) is 94.7 Å². The maximum Gasteiger partial charge on any atom is 0.217 e. The van der Waals surface area contributed by atoms with Gasteiger partial charge in [0.1, 0.15) is 250 Å². The molecule has 0 unspecified atom stereocenters. The lowest BCUT2D eigenvalue weighted by Crippen LogP contribution is -2.72. The second-order valence-electron chi connectivity index (χ2n) is 31.9. The maximum atomic E-state index is 13.9. The lowest BCUT2D eigenvalue weighted by Gasteiger charge is -2.53. The Balaban J connectivity index is 1.04. The van der Waals surface area contributed by atoms with Crippen LogP contribution in [0.15, 0.2) is 0 Å². The predicted octanol–water partition coefficient (Wildman–Crippen LogP) is -21.8. The Bertz CT molecular complexity index is 3310. The van der Waals surface area contributed by atoms with E-state index in [1.165, 1.54) is 20.8 Å². The zero-order valence-electron chi connectivity index (χ0n) is 67.2. The number of aliphatic hydroxyl groups excluding tert-OH is 30. The van der Waals surface area contributed by atoms with E-state index in [9.17, 15) is 168 Å². The molecule has 55 nitrogen and oxygen atoms in total. The Labute approximate surface area is 708 Å². The average molecular weight is 1840 g/mol. The van der Waals surface area contributed by atoms with Gasteiger partial charge in [0.05, 0.1) is 71.2 Å². The van der Waals surface area contributed by atoms with Gasteiger partial charge in [-0.2, -0.15) is 0 Å². The van der Waals surface area contributed by atoms with Crippen LogP contribution < -0.4 is 10.6 Å². The molecule has 55 heteroatoms. The number of aldehydes is 1. The standard InChI is InChI=1S/C70H118N2O53/c1-15-31(85)40(94)45(99)63(107-15)120-55-29(71-18(4)81)61(114-26(12-79)53(55)118-68-50(104)57(37(91)24(10-77)112-68)123-66-48(102)43(97)35(89)22(8-75)110-66)106-14-28-39(93)58(51(105)69(116-28)117-52(21(84)7-74)34(88)20(83)6-73)122-62-30(72-19(5)82)56(121-64-46(100)41(95)32(86)16(2)108-64)54(27(13-80)115-62)119-70-60(125-65-47(101)42(96)33(87)17(3)109-65)59(38(92)25(11-78)113-70)124-67-49(103)44(98)36(90)23(9-76)111-67/h6,15-17,20-70,74-80,83-105H,7-14H2,1-5H3,(H,71,81)(H,72,82)/t15-,16-,17-,20-,21+,22+,23+,24+,25+,26+,27+,28+,29+,30+,31+,32+,33+,34+,35-,36-,37-,38-,39-,40+,41+,42+,43-,44-,45-,46+,47-,48+,49+,50+,51+,52+,53+,54+,55+,56+,57-,58-,59-,60+,61+,62-,63-,64-,65-,66+,67+,68-,69-,70-/m0/s1. The fourth-order valence-electron chi connectivity index (χ4n) is 16.0. The minimum absolute atomic E-state index is 0.257. The topological polar surface area (TPSA) is 867 Å². The summed E-state index contributed by atoms with van der Waals surface area (Å²) in [4.78, 5) is 39.5. The summed E-state index contributed by atoms with van der Waals surface area (Å²) in [5.74, 6) is -2.17. The first kappa shape index (κ1) is 104. The molecule has 10 rings (SSSR count). The van der Waals surface area contributed by atoms with Gasteiger partial charge in [-0.1, -0.05) is 0 Å². The van der Waals surface area contributed by atoms with Crippen molar-refractivity contribution in [1.82, 2.24) is 10.6 Å². The van der Waals surface area contributed by atoms with Gasteiger partial charge in [0, 0.05) is 13.8 Å². The Morgan fingerprint density at radius 1 is 0.304 bits per heavy atom. The fraction of sp³-hybridized carbons (Fsp3) is 0.957. The number of ether oxygens (including phenoxy) is 20. The van der Waals surface area contributed by atoms with Gasteiger partial charge in [0.15, 0.2) is 69.2 Å². The maximum absolute atomic E-state index is 13.9. The summed E-state index contributed by atoms with van der Waals surface area (Å²) in [6.07, 6.45) is -113. The van der Waals surface area contributed by atoms with Crippen molar-refractivity contribution in [2.45, 2.75) is 366 Å². The summed E-state index contributed by atoms with van der Waals surface area (Å²) < 4.78 is 121. The number of hydrogen-bond acceptors (Lipinski definition) is 53. The molecule has 2 amide bonds. The van der Waals surface area contributed by atoms with Crippen LogP contribution in [0.3, 0.4) is 0 Å². The molecule has 10 fully saturated rings. The van der Waals surface area contributed by atoms with Gasteiger partial charge in [0.25, 0.3) is 0 Å². The van der Waals surface area contributed by atoms with Gasteiger partial charge in [-0.05, 0) is 20.8 Å². The first-order chi connectivity index (χ1) is 59.0. The average Bonchev–Trinajstić information content (AvgIpc) is 0.752. The van der Waals surface area contributed by atoms with Crippen LogP contribution in [0.1, 0.15) is 34.6 Å². The molecule has 0 radical (unpaired) electrons. The number of aliphatic hydroxyl groups is 30. The van der Waals surface area contributed by atoms with E-state index in [-0.39, 0.29) is 6.29 Å². The minimum atomic E-state index is -2.69. The van der Waals surface area contributed by atoms with Gasteiger partial charge in [-0.15, -0.1) is 0 Å². The molecule has 0 spiro atoms. The molecule has 10 heterocycles. The molecule has 10 saturated heterocycles. The second kappa shape index (κ2) is 45.1. The zero-order valence-corrected chi connectivity index (χ0v) is 67.2. The Hall–Kier alpha value is -3.39. The zero-order chi connectivity index (χ0) is 92.3. The van der Waals surface area contributed by atoms with E-state index >= 15 is 0 Å². The predicted molar refractivity (Wildman–Crippen MR) is 382 cm³/mol. The van der Waals surface area contributed by atoms with Crippen LogP contribution in [-0.2, 0) is 109 Å². The van der Waals surface area contributed by atoms with Crippen LogP contribution >= 0.6 is 0 Å². The van der Waals surface area contributed by atoms with E-state index < -0.39 is 396 Å². The number of carbonyl (C=O) groups excluding carboxylic acids is 3. The third-order valence-electron chi connectivity index (χ3n) is 23.2. The summed E-state index contributed by atoms with van der Waals surface area (Å²) in [5, 5.41) is 339. The molecule has 10 aliphatic rings. The van der Waals surface area contributed by atoms with Crippen molar-refractivity contribution in [1.29, 1.82) is 0 Å². The molecule has 726 valence electrons. The quantitative estimate of drug-likeness (QED) is 0.0266. The van der Waals surface area contributed by atoms with Crippen LogP contribution in [0.2, 0.25) is 0 Å². The highest BCUT2D eigenvalue weighted by atomic mass is 16.8. The molecule has 0 aromatic heterocycles. The highest BCUT2D eigenvalue weighted by molar-refractivity contribution is 5.73. The largest absolute Gasteiger partial charge is 0.394 e. The van der Waals surface area contributed by atoms with Crippen molar-refractivity contribution in [3.05, 3.63) is 0 Å². The Morgan fingerprint density at radius 2 is 0.592 bits per heavy atom. The number of carbonyl (C=O) groups is 3. The van der Waals surface area contributed by atoms with Gasteiger partial charge < -0.3 is 263 Å². The van der Waals surface area contributed by atoms with Crippen molar-refractivity contribution in [3.63, 3.8) is 0 Å². The molecule has 0 aromatic rings. The molecule has 0 bridgehead atoms. The molecule has 125 heavy (non-hydrogen) atoms. The monoisotopic (exact) mass is 1830 g/mol. The van der Waals surface area contributed by atoms with Crippen molar-refractivity contribution in [3.8, 4) is 0 Å². The molecule has 0 aliphatic carbocycles. The summed E-state index contributed by atoms with van der Waals surface area (Å²) >= 11 is 0. The number of nitrogens with one attached hydrogen (secondary N) is 2. The lowest BCUT2D eigenvalue weighted by atomic mass is 9.93. The van der Waals surface area contributed by atoms with E-state index in [1.54, 1.807) is 0 Å². The molecular weight excluding hydrogens is 1720 g/mol. The highest BCUT2D eigenvalue weighted by Gasteiger charge is 2.63. The van der Waals surface area contributed by atoms with E-state index in [2.05, 4.69) is 10.6 Å². The Kier molecular flexibility index (Phi) is 37.4. The van der Waals surface area contributed by atoms with Gasteiger partial charge in [-0.25, -0.2) is 0 Å². The molecule has 0 saturated carbocycles. The summed E-state index contributed by atoms with van der Waals surface area (Å²) in [7, 11) is 0. The number of rotatable bonds is 34. The van der Waals surface area contributed by atoms with E-state index in [0.29, 0.717) is 0 Å². The van der Waals surface area contributed by atoms with Crippen molar-refractivity contribution >= 4 is 18.1 Å². The molecular formula is C70H118N2O53. The molecule has 54 atom stereocenters. The van der Waals surface area contributed by atoms with E-state index in [0.717, 1.165) is 13.8 Å². The third-order valence-corrected chi connectivity index (χ3v) is 23.2. The minimum Gasteiger partial charge on any atom is -0.394 e. The summed E-state index contributed by atoms with van der Waals surface area (Å²) in [6, 6.07) is -4.30. The number of hydrogen-bond donors (Lipinski definition) is 32. The van der Waals surface area contributed by atoms with Crippen LogP contribution in [0.5, 0.6) is 0 Å². The molecule has 10 aliphatic heterocycles. The van der Waals surface area contributed by atoms with Crippen molar-refractivity contribution in [2.75, 3.05) is 52.9 Å². The van der Waals surface area contributed by atoms with Crippen LogP contribution in [0, 0.1) is 0 Å². The SMILES string of the molecule is CC(=O)N[C@H]1[C@H](OC[C@H]2O[C@@H](O[C@@H]([C@H](O)[C@@H](O)C=O)[C@H](O)CO)[C@H](O)[C@@H](O[C@@H]3O[C@H](CO)[C@@H](O[C@@H]4O[C@H](CO)[C@H](O)[C@H](O[C@H]5O[C@H](CO)[C@H](O)[C@H](O)[C@H]5O)[C@H]4O[C@@H]4O[C@@H](C)[C@@H](O)[C@@H](O)[C@@H]4O)[C@H](O[C@@H]4O[C@@H](C)[C@@H](O)[C@@H](O)[C@H]4O)[C@H]3NC(C)=O)[C@H]2O)O[C@H](CO)[C@@H](O[C@@H]2O[C@H](CO)[C@H](O)[C@H](O[C@H]3O[C@H](CO)[C@H](O)[C@H](O)[C@H]3O)[C@H]2O)[C@@H]1O[C@@H]1O[C@@H](C)[C@@H](O)[C@@H](O)[C@@H]1O. The molecule has 32 N–H and O–H groups in total. The second-order valence-corrected chi connectivity index (χ2v) is 31.9. The lowest BCUT2D eigenvalue weighted by molar-refractivity contribution is -0.411. The first-order valence-corrected chi connectivity index (χ1v) is 40.0. The van der Waals surface area contributed by atoms with Gasteiger partial charge in [-0.3, -0.25) is 9.59 Å². The fourth-order valence-corrected chi connectivity index (χ4v) is 16.0. The third kappa shape index (κ3) is 22.7. The van der Waals surface area contributed by atoms with E-state index in [1.807, 2.05) is 0 Å². The van der Waals surface area contributed by atoms with Crippen molar-refractivity contribution in [2.24, 2.45) is 0 Å². The van der Waals surface area contributed by atoms with Crippen molar-refractivity contribution < 1.29 is 262 Å². The first-order valence-electron chi connectivity index (χ1n) is 40.0. The smallest absolute Gasteiger partial charge is 0.217 e. The normalized spacial score (nSPS) is 49.9. The summed E-state index contributed by atoms with van der Waals surface area (Å²) in [6.45, 7) is -4.45. The Morgan fingerprint density at radius 3 is 0.992 bits per heavy atom. The number of amides is 2. The summed E-state index contributed by atoms with van der Waals surface area (Å²) in [5.41, 5.74) is 0. The molecule has 0 aromatic carbocycles.